The molecule has 2 heteroatoms. The topological polar surface area (TPSA) is 0 Å². The Hall–Kier alpha value is -0.600. The van der Waals surface area contributed by atoms with E-state index in [0.29, 0.717) is 0 Å². The first-order valence-electron chi connectivity index (χ1n) is 5.11. The van der Waals surface area contributed by atoms with E-state index in [0.717, 1.165) is 0 Å². The van der Waals surface area contributed by atoms with Crippen LogP contribution in [0.25, 0.3) is 0 Å². The van der Waals surface area contributed by atoms with Gasteiger partial charge >= 0.3 is 0 Å². The maximum Gasteiger partial charge on any atom is 0.130 e. The van der Waals surface area contributed by atoms with Gasteiger partial charge in [-0.05, 0) is 18.1 Å². The Morgan fingerprint density at radius 3 is 1.81 bits per heavy atom. The molecule has 82 valence electrons. The average molecular weight is 340 g/mol. The van der Waals surface area contributed by atoms with Gasteiger partial charge in [0, 0.05) is 0 Å². The third-order valence-electron chi connectivity index (χ3n) is 2.55. The summed E-state index contributed by atoms with van der Waals surface area (Å²) in [5.74, 6) is 0. The van der Waals surface area contributed by atoms with E-state index in [1.807, 2.05) is 18.2 Å². The van der Waals surface area contributed by atoms with Gasteiger partial charge in [0.1, 0.15) is 3.23 Å². The van der Waals surface area contributed by atoms with Gasteiger partial charge in [-0.1, -0.05) is 92.0 Å². The Labute approximate surface area is 113 Å². The largest absolute Gasteiger partial charge is 0.130 e. The monoisotopic (exact) mass is 338 g/mol. The molecule has 0 fully saturated rings. The molecule has 2 rings (SSSR count). The zero-order valence-corrected chi connectivity index (χ0v) is 12.1. The summed E-state index contributed by atoms with van der Waals surface area (Å²) in [6, 6.07) is 18.8. The lowest BCUT2D eigenvalue weighted by Crippen LogP contribution is -2.10. The van der Waals surface area contributed by atoms with Crippen molar-refractivity contribution in [2.75, 3.05) is 0 Å². The van der Waals surface area contributed by atoms with E-state index in [2.05, 4.69) is 75.2 Å². The van der Waals surface area contributed by atoms with Crippen molar-refractivity contribution in [1.29, 1.82) is 0 Å². The van der Waals surface area contributed by atoms with Crippen molar-refractivity contribution in [3.8, 4) is 0 Å². The summed E-state index contributed by atoms with van der Waals surface area (Å²) >= 11 is 7.48. The van der Waals surface area contributed by atoms with Gasteiger partial charge in [-0.15, -0.1) is 0 Å². The number of rotatable bonds is 2. The lowest BCUT2D eigenvalue weighted by atomic mass is 10.0. The number of alkyl halides is 2. The molecule has 0 saturated carbocycles. The molecule has 2 aromatic rings. The normalized spacial score (nSPS) is 11.4. The molecule has 0 N–H and O–H groups in total. The molecular weight excluding hydrogens is 328 g/mol. The van der Waals surface area contributed by atoms with Gasteiger partial charge in [0.2, 0.25) is 0 Å². The predicted octanol–water partition coefficient (Wildman–Crippen LogP) is 4.99. The molecule has 0 atom stereocenters. The minimum Gasteiger partial charge on any atom is -0.0622 e. The molecule has 0 aromatic heterocycles. The van der Waals surface area contributed by atoms with Gasteiger partial charge in [0.05, 0.1) is 0 Å². The lowest BCUT2D eigenvalue weighted by Gasteiger charge is -2.21. The maximum atomic E-state index is 3.74. The molecule has 0 heterocycles. The van der Waals surface area contributed by atoms with E-state index in [1.165, 1.54) is 16.7 Å². The second kappa shape index (κ2) is 4.72. The number of hydrogen-bond acceptors (Lipinski definition) is 0. The first-order chi connectivity index (χ1) is 7.60. The van der Waals surface area contributed by atoms with Gasteiger partial charge in [-0.25, -0.2) is 0 Å². The van der Waals surface area contributed by atoms with Crippen molar-refractivity contribution < 1.29 is 0 Å². The highest BCUT2D eigenvalue weighted by Crippen LogP contribution is 2.44. The predicted molar refractivity (Wildman–Crippen MR) is 76.3 cm³/mol. The van der Waals surface area contributed by atoms with E-state index < -0.39 is 0 Å². The second-order valence-corrected chi connectivity index (χ2v) is 7.25. The van der Waals surface area contributed by atoms with Crippen LogP contribution in [0.4, 0.5) is 0 Å². The van der Waals surface area contributed by atoms with Crippen LogP contribution in [-0.4, -0.2) is 0 Å². The van der Waals surface area contributed by atoms with E-state index >= 15 is 0 Å². The summed E-state index contributed by atoms with van der Waals surface area (Å²) in [5, 5.41) is 0. The Morgan fingerprint density at radius 1 is 0.750 bits per heavy atom. The quantitative estimate of drug-likeness (QED) is 0.676. The third-order valence-corrected chi connectivity index (χ3v) is 4.38. The molecule has 0 radical (unpaired) electrons. The standard InChI is InChI=1S/C14H12Br2/c1-11-7-9-13(10-8-11)14(15,16)12-5-3-2-4-6-12/h2-10H,1H3. The van der Waals surface area contributed by atoms with Crippen molar-refractivity contribution >= 4 is 31.9 Å². The van der Waals surface area contributed by atoms with Gasteiger partial charge in [0.15, 0.2) is 0 Å². The number of aryl methyl sites for hydroxylation is 1. The highest BCUT2D eigenvalue weighted by atomic mass is 79.9. The van der Waals surface area contributed by atoms with Crippen LogP contribution >= 0.6 is 31.9 Å². The summed E-state index contributed by atoms with van der Waals surface area (Å²) in [7, 11) is 0. The molecule has 0 unspecified atom stereocenters. The number of benzene rings is 2. The highest BCUT2D eigenvalue weighted by Gasteiger charge is 2.27. The Morgan fingerprint density at radius 2 is 1.25 bits per heavy atom. The van der Waals surface area contributed by atoms with Crippen molar-refractivity contribution in [2.24, 2.45) is 0 Å². The summed E-state index contributed by atoms with van der Waals surface area (Å²) in [6.07, 6.45) is 0. The number of halogens is 2. The minimum absolute atomic E-state index is 0.297. The summed E-state index contributed by atoms with van der Waals surface area (Å²) in [5.41, 5.74) is 3.66. The Kier molecular flexibility index (Phi) is 3.50. The van der Waals surface area contributed by atoms with Crippen molar-refractivity contribution in [3.63, 3.8) is 0 Å². The van der Waals surface area contributed by atoms with Gasteiger partial charge < -0.3 is 0 Å². The van der Waals surface area contributed by atoms with Crippen LogP contribution in [0, 0.1) is 6.92 Å². The zero-order chi connectivity index (χ0) is 11.6. The number of hydrogen-bond donors (Lipinski definition) is 0. The molecule has 0 spiro atoms. The molecule has 0 aliphatic rings. The van der Waals surface area contributed by atoms with E-state index in [1.54, 1.807) is 0 Å². The van der Waals surface area contributed by atoms with Crippen LogP contribution in [0.15, 0.2) is 54.6 Å². The molecule has 2 aromatic carbocycles. The lowest BCUT2D eigenvalue weighted by molar-refractivity contribution is 1.11. The fourth-order valence-electron chi connectivity index (χ4n) is 1.58. The maximum absolute atomic E-state index is 3.74. The summed E-state index contributed by atoms with van der Waals surface area (Å²) in [6.45, 7) is 2.09. The Bertz CT molecular complexity index is 458. The minimum atomic E-state index is -0.297. The van der Waals surface area contributed by atoms with Gasteiger partial charge in [-0.2, -0.15) is 0 Å². The smallest absolute Gasteiger partial charge is 0.0622 e. The average Bonchev–Trinajstić information content (AvgIpc) is 2.31. The molecular formula is C14H12Br2. The van der Waals surface area contributed by atoms with Gasteiger partial charge in [0.25, 0.3) is 0 Å². The molecule has 0 amide bonds. The molecule has 0 bridgehead atoms. The zero-order valence-electron chi connectivity index (χ0n) is 8.95. The molecule has 0 saturated heterocycles. The van der Waals surface area contributed by atoms with E-state index in [9.17, 15) is 0 Å². The first kappa shape index (κ1) is 11.9. The fourth-order valence-corrected chi connectivity index (χ4v) is 2.63. The first-order valence-corrected chi connectivity index (χ1v) is 6.70. The van der Waals surface area contributed by atoms with Crippen LogP contribution in [0.1, 0.15) is 16.7 Å². The highest BCUT2D eigenvalue weighted by molar-refractivity contribution is 9.25. The summed E-state index contributed by atoms with van der Waals surface area (Å²) in [4.78, 5) is 0. The van der Waals surface area contributed by atoms with E-state index in [4.69, 9.17) is 0 Å². The van der Waals surface area contributed by atoms with Crippen molar-refractivity contribution in [1.82, 2.24) is 0 Å². The third kappa shape index (κ3) is 2.38. The van der Waals surface area contributed by atoms with Crippen molar-refractivity contribution in [3.05, 3.63) is 71.3 Å². The molecule has 0 aliphatic carbocycles. The van der Waals surface area contributed by atoms with Crippen molar-refractivity contribution in [2.45, 2.75) is 10.2 Å². The SMILES string of the molecule is Cc1ccc(C(Br)(Br)c2ccccc2)cc1. The molecule has 0 aliphatic heterocycles. The summed E-state index contributed by atoms with van der Waals surface area (Å²) < 4.78 is -0.297. The Balaban J connectivity index is 2.43. The second-order valence-electron chi connectivity index (χ2n) is 3.81. The van der Waals surface area contributed by atoms with Crippen LogP contribution in [0.3, 0.4) is 0 Å². The van der Waals surface area contributed by atoms with Crippen LogP contribution in [-0.2, 0) is 3.23 Å². The van der Waals surface area contributed by atoms with Crippen LogP contribution in [0.5, 0.6) is 0 Å². The van der Waals surface area contributed by atoms with Gasteiger partial charge in [-0.3, -0.25) is 0 Å². The molecule has 0 nitrogen and oxygen atoms in total. The van der Waals surface area contributed by atoms with Crippen LogP contribution in [0.2, 0.25) is 0 Å². The van der Waals surface area contributed by atoms with Crippen LogP contribution < -0.4 is 0 Å². The fraction of sp³-hybridized carbons (Fsp3) is 0.143. The molecule has 16 heavy (non-hydrogen) atoms. The van der Waals surface area contributed by atoms with E-state index in [-0.39, 0.29) is 3.23 Å².